The van der Waals surface area contributed by atoms with E-state index in [1.807, 2.05) is 13.8 Å². The molecule has 80 heavy (non-hydrogen) atoms. The van der Waals surface area contributed by atoms with Crippen LogP contribution >= 0.6 is 0 Å². The SMILES string of the molecule is COC(=O)[C@@]1(C)CC[C@]2(C(=O)O[C@@H]3O[C@H](CO)[C@@H](O)[C@H](O)[C@H]3O)CC[C@]3(C)C(=CC[C@@H]4[C@@]5(C)CC[C@H](O[C@@H]6O[C@H](CO)[C@@H](O)[C@H](O)[C@H]6O[C@@H]6O[C@H](CO)[C@@H](O)[C@H](O)[C@H]6O[C@H]6O[C@H](C)[C@@H](O)[C@H](O)[C@H]6O)[C@@](C)(CO)[C@H]5CC[C@]43C)[C@@H]2C1. The molecule has 14 N–H and O–H groups in total. The molecular weight excluding hydrogens is 1060 g/mol. The van der Waals surface area contributed by atoms with E-state index in [-0.39, 0.29) is 31.3 Å². The minimum Gasteiger partial charge on any atom is -0.469 e. The molecule has 5 aliphatic carbocycles. The Morgan fingerprint density at radius 1 is 0.562 bits per heavy atom. The molecule has 4 aliphatic heterocycles. The molecule has 4 heterocycles. The maximum Gasteiger partial charge on any atom is 0.315 e. The van der Waals surface area contributed by atoms with Crippen molar-refractivity contribution < 1.29 is 124 Å². The molecule has 0 aromatic heterocycles. The molecule has 458 valence electrons. The van der Waals surface area contributed by atoms with E-state index < -0.39 is 199 Å². The van der Waals surface area contributed by atoms with Crippen LogP contribution in [0.25, 0.3) is 0 Å². The quantitative estimate of drug-likeness (QED) is 0.0500. The van der Waals surface area contributed by atoms with Crippen LogP contribution < -0.4 is 0 Å². The molecule has 30 atom stereocenters. The van der Waals surface area contributed by atoms with Gasteiger partial charge in [0.25, 0.3) is 0 Å². The van der Waals surface area contributed by atoms with Crippen LogP contribution in [0.5, 0.6) is 0 Å². The zero-order valence-electron chi connectivity index (χ0n) is 46.6. The normalized spacial score (nSPS) is 54.2. The molecule has 0 spiro atoms. The van der Waals surface area contributed by atoms with Gasteiger partial charge in [-0.1, -0.05) is 39.3 Å². The van der Waals surface area contributed by atoms with Gasteiger partial charge in [-0.25, -0.2) is 0 Å². The van der Waals surface area contributed by atoms with Crippen molar-refractivity contribution in [3.63, 3.8) is 0 Å². The lowest BCUT2D eigenvalue weighted by Gasteiger charge is -2.71. The third kappa shape index (κ3) is 9.83. The highest BCUT2D eigenvalue weighted by atomic mass is 16.8. The molecule has 0 bridgehead atoms. The number of hydrogen-bond acceptors (Lipinski definition) is 25. The van der Waals surface area contributed by atoms with E-state index in [9.17, 15) is 81.1 Å². The second kappa shape index (κ2) is 22.9. The number of aliphatic hydroxyl groups is 14. The number of carbonyl (C=O) groups is 2. The summed E-state index contributed by atoms with van der Waals surface area (Å²) in [5.41, 5.74) is -3.59. The van der Waals surface area contributed by atoms with Crippen LogP contribution in [0.4, 0.5) is 0 Å². The molecule has 0 radical (unpaired) electrons. The predicted octanol–water partition coefficient (Wildman–Crippen LogP) is -2.88. The van der Waals surface area contributed by atoms with Crippen LogP contribution in [0.3, 0.4) is 0 Å². The van der Waals surface area contributed by atoms with Gasteiger partial charge in [-0.3, -0.25) is 9.59 Å². The van der Waals surface area contributed by atoms with Crippen LogP contribution in [0, 0.1) is 50.2 Å². The monoisotopic (exact) mass is 1150 g/mol. The van der Waals surface area contributed by atoms with Gasteiger partial charge < -0.3 is 114 Å². The molecular formula is C55H88O25. The smallest absolute Gasteiger partial charge is 0.315 e. The second-order valence-electron chi connectivity index (χ2n) is 26.0. The van der Waals surface area contributed by atoms with Gasteiger partial charge in [0.2, 0.25) is 6.29 Å². The van der Waals surface area contributed by atoms with Crippen LogP contribution in [-0.2, 0) is 52.2 Å². The number of hydrogen-bond donors (Lipinski definition) is 14. The number of aliphatic hydroxyl groups excluding tert-OH is 14. The highest BCUT2D eigenvalue weighted by Gasteiger charge is 2.71. The molecule has 0 aromatic rings. The van der Waals surface area contributed by atoms with Crippen molar-refractivity contribution in [3.8, 4) is 0 Å². The zero-order valence-corrected chi connectivity index (χ0v) is 46.6. The summed E-state index contributed by atoms with van der Waals surface area (Å²) < 4.78 is 53.7. The Hall–Kier alpha value is -2.16. The first-order chi connectivity index (χ1) is 37.6. The summed E-state index contributed by atoms with van der Waals surface area (Å²) in [6, 6.07) is 0. The number of ether oxygens (including phenoxy) is 9. The van der Waals surface area contributed by atoms with Crippen LogP contribution in [0.1, 0.15) is 106 Å². The summed E-state index contributed by atoms with van der Waals surface area (Å²) in [4.78, 5) is 28.5. The summed E-state index contributed by atoms with van der Waals surface area (Å²) in [7, 11) is 1.33. The van der Waals surface area contributed by atoms with E-state index >= 15 is 0 Å². The molecule has 4 saturated heterocycles. The summed E-state index contributed by atoms with van der Waals surface area (Å²) in [5.74, 6) is -1.84. The Bertz CT molecular complexity index is 2240. The van der Waals surface area contributed by atoms with Gasteiger partial charge >= 0.3 is 11.9 Å². The van der Waals surface area contributed by atoms with Gasteiger partial charge in [0, 0.05) is 5.41 Å². The van der Waals surface area contributed by atoms with Crippen molar-refractivity contribution in [2.24, 2.45) is 50.2 Å². The fourth-order valence-corrected chi connectivity index (χ4v) is 16.7. The molecule has 25 heteroatoms. The average Bonchev–Trinajstić information content (AvgIpc) is 3.32. The van der Waals surface area contributed by atoms with E-state index in [0.717, 1.165) is 5.57 Å². The molecule has 9 aliphatic rings. The van der Waals surface area contributed by atoms with Gasteiger partial charge in [0.05, 0.1) is 56.6 Å². The van der Waals surface area contributed by atoms with E-state index in [1.165, 1.54) is 14.0 Å². The van der Waals surface area contributed by atoms with Crippen LogP contribution in [0.2, 0.25) is 0 Å². The van der Waals surface area contributed by atoms with Crippen LogP contribution in [-0.4, -0.2) is 246 Å². The Labute approximate surface area is 464 Å². The Morgan fingerprint density at radius 2 is 1.09 bits per heavy atom. The number of allylic oxidation sites excluding steroid dienone is 2. The van der Waals surface area contributed by atoms with Gasteiger partial charge in [-0.05, 0) is 112 Å². The summed E-state index contributed by atoms with van der Waals surface area (Å²) in [5, 5.41) is 151. The van der Waals surface area contributed by atoms with Crippen molar-refractivity contribution in [2.75, 3.05) is 33.5 Å². The second-order valence-corrected chi connectivity index (χ2v) is 26.0. The molecule has 4 saturated carbocycles. The van der Waals surface area contributed by atoms with Crippen molar-refractivity contribution in [1.29, 1.82) is 0 Å². The largest absolute Gasteiger partial charge is 0.469 e. The molecule has 0 amide bonds. The Kier molecular flexibility index (Phi) is 17.9. The van der Waals surface area contributed by atoms with E-state index in [4.69, 9.17) is 42.6 Å². The minimum absolute atomic E-state index is 0.00289. The zero-order chi connectivity index (χ0) is 58.6. The van der Waals surface area contributed by atoms with Gasteiger partial charge in [0.1, 0.15) is 91.6 Å². The topological polar surface area (TPSA) is 400 Å². The molecule has 8 fully saturated rings. The fourth-order valence-electron chi connectivity index (χ4n) is 16.7. The standard InChI is InChI=1S/C55H88O25/c1-23-32(60)36(64)40(68)44(73-23)78-43-39(67)35(63)28(21-58)76-47(43)79-42-38(66)34(62)27(20-57)75-46(42)77-31-11-12-51(3)29(52(31,4)22-59)10-13-54(6)30(51)9-8-24-25-18-50(2,48(70)72-7)14-16-55(25,17-15-53(24,54)5)49(71)80-45-41(69)37(65)33(61)26(19-56)74-45/h8,23,25-47,56-69H,9-22H2,1-7H3/t23-,25+,26-,27-,28-,29+,30-,31+,32-,33-,34-,35-,36+,37+,38+,39+,40-,41-,42-,43-,44-,45+,46+,47+,50+,51+,52+,53-,54-,55+/m1/s1. The Balaban J connectivity index is 0.993. The Morgan fingerprint density at radius 3 is 1.66 bits per heavy atom. The van der Waals surface area contributed by atoms with Crippen molar-refractivity contribution in [3.05, 3.63) is 11.6 Å². The molecule has 25 nitrogen and oxygen atoms in total. The average molecular weight is 1150 g/mol. The fraction of sp³-hybridized carbons (Fsp3) is 0.927. The number of carbonyl (C=O) groups excluding carboxylic acids is 2. The number of esters is 2. The highest BCUT2D eigenvalue weighted by Crippen LogP contribution is 2.76. The molecule has 0 aromatic carbocycles. The van der Waals surface area contributed by atoms with Gasteiger partial charge in [-0.15, -0.1) is 0 Å². The predicted molar refractivity (Wildman–Crippen MR) is 269 cm³/mol. The van der Waals surface area contributed by atoms with Crippen molar-refractivity contribution in [2.45, 2.75) is 235 Å². The first-order valence-electron chi connectivity index (χ1n) is 28.4. The maximum absolute atomic E-state index is 14.9. The lowest BCUT2D eigenvalue weighted by Crippen LogP contribution is -2.68. The summed E-state index contributed by atoms with van der Waals surface area (Å²) >= 11 is 0. The first-order valence-corrected chi connectivity index (χ1v) is 28.4. The van der Waals surface area contributed by atoms with Crippen molar-refractivity contribution >= 4 is 11.9 Å². The lowest BCUT2D eigenvalue weighted by molar-refractivity contribution is -0.398. The third-order valence-electron chi connectivity index (χ3n) is 22.0. The first kappa shape index (κ1) is 62.4. The number of methoxy groups -OCH3 is 1. The minimum atomic E-state index is -1.92. The maximum atomic E-state index is 14.9. The lowest BCUT2D eigenvalue weighted by atomic mass is 9.33. The molecule has 0 unspecified atom stereocenters. The van der Waals surface area contributed by atoms with E-state index in [1.54, 1.807) is 0 Å². The summed E-state index contributed by atoms with van der Waals surface area (Å²) in [6.07, 6.45) is -27.6. The summed E-state index contributed by atoms with van der Waals surface area (Å²) in [6.45, 7) is 9.25. The van der Waals surface area contributed by atoms with E-state index in [0.29, 0.717) is 51.4 Å². The number of fused-ring (bicyclic) bond motifs is 7. The van der Waals surface area contributed by atoms with Gasteiger partial charge in [-0.2, -0.15) is 0 Å². The highest BCUT2D eigenvalue weighted by molar-refractivity contribution is 5.81. The van der Waals surface area contributed by atoms with Crippen LogP contribution in [0.15, 0.2) is 11.6 Å². The third-order valence-corrected chi connectivity index (χ3v) is 22.0. The van der Waals surface area contributed by atoms with E-state index in [2.05, 4.69) is 26.8 Å². The molecule has 9 rings (SSSR count). The van der Waals surface area contributed by atoms with Crippen molar-refractivity contribution in [1.82, 2.24) is 0 Å². The number of rotatable bonds is 13. The van der Waals surface area contributed by atoms with Gasteiger partial charge in [0.15, 0.2) is 18.9 Å².